The average Bonchev–Trinajstić information content (AvgIpc) is 3.08. The third-order valence-electron chi connectivity index (χ3n) is 5.39. The molecule has 31 heavy (non-hydrogen) atoms. The summed E-state index contributed by atoms with van der Waals surface area (Å²) in [4.78, 5) is 24.0. The van der Waals surface area contributed by atoms with E-state index in [0.717, 1.165) is 22.3 Å². The molecule has 2 N–H and O–H groups in total. The van der Waals surface area contributed by atoms with Crippen LogP contribution < -0.4 is 5.32 Å². The van der Waals surface area contributed by atoms with Crippen LogP contribution in [0.3, 0.4) is 0 Å². The first-order valence-corrected chi connectivity index (χ1v) is 10.5. The van der Waals surface area contributed by atoms with Gasteiger partial charge in [-0.05, 0) is 49.8 Å². The van der Waals surface area contributed by atoms with Gasteiger partial charge in [0.15, 0.2) is 0 Å². The van der Waals surface area contributed by atoms with Gasteiger partial charge in [-0.15, -0.1) is 0 Å². The Morgan fingerprint density at radius 1 is 1.00 bits per heavy atom. The molecule has 1 amide bonds. The summed E-state index contributed by atoms with van der Waals surface area (Å²) in [5.41, 5.74) is 4.49. The number of carboxylic acids is 1. The quantitative estimate of drug-likeness (QED) is 0.509. The van der Waals surface area contributed by atoms with Crippen molar-refractivity contribution < 1.29 is 23.8 Å². The number of amides is 1. The second-order valence-electron chi connectivity index (χ2n) is 7.28. The maximum atomic E-state index is 14.2. The molecule has 0 saturated heterocycles. The molecular weight excluding hydrogens is 465 g/mol. The molecule has 3 aromatic rings. The molecule has 158 valence electrons. The van der Waals surface area contributed by atoms with Crippen LogP contribution in [0, 0.1) is 5.82 Å². The maximum Gasteiger partial charge on any atom is 0.407 e. The Hall–Kier alpha value is -3.19. The summed E-state index contributed by atoms with van der Waals surface area (Å²) in [5.74, 6) is -1.96. The molecule has 0 spiro atoms. The third kappa shape index (κ3) is 4.32. The van der Waals surface area contributed by atoms with Crippen LogP contribution in [0.4, 0.5) is 9.18 Å². The predicted molar refractivity (Wildman–Crippen MR) is 117 cm³/mol. The zero-order valence-electron chi connectivity index (χ0n) is 16.3. The van der Waals surface area contributed by atoms with Gasteiger partial charge < -0.3 is 15.2 Å². The molecule has 0 fully saturated rings. The monoisotopic (exact) mass is 483 g/mol. The maximum absolute atomic E-state index is 14.2. The smallest absolute Gasteiger partial charge is 0.407 e. The van der Waals surface area contributed by atoms with Crippen LogP contribution in [0.2, 0.25) is 0 Å². The van der Waals surface area contributed by atoms with Crippen molar-refractivity contribution >= 4 is 28.0 Å². The molecule has 0 unspecified atom stereocenters. The van der Waals surface area contributed by atoms with Gasteiger partial charge in [-0.25, -0.2) is 14.0 Å². The van der Waals surface area contributed by atoms with E-state index in [-0.39, 0.29) is 29.0 Å². The molecule has 5 nitrogen and oxygen atoms in total. The molecule has 7 heteroatoms. The lowest BCUT2D eigenvalue weighted by molar-refractivity contribution is -0.139. The van der Waals surface area contributed by atoms with Crippen molar-refractivity contribution in [1.82, 2.24) is 5.32 Å². The number of rotatable bonds is 6. The lowest BCUT2D eigenvalue weighted by Crippen LogP contribution is -2.43. The number of alkyl carbamates (subject to hydrolysis) is 1. The Kier molecular flexibility index (Phi) is 6.04. The van der Waals surface area contributed by atoms with Gasteiger partial charge in [-0.1, -0.05) is 60.7 Å². The van der Waals surface area contributed by atoms with Crippen molar-refractivity contribution in [3.63, 3.8) is 0 Å². The molecule has 0 aliphatic heterocycles. The second-order valence-corrected chi connectivity index (χ2v) is 8.13. The minimum absolute atomic E-state index is 0.0669. The van der Waals surface area contributed by atoms with Crippen molar-refractivity contribution in [2.24, 2.45) is 0 Å². The van der Waals surface area contributed by atoms with Crippen molar-refractivity contribution in [1.29, 1.82) is 0 Å². The van der Waals surface area contributed by atoms with Crippen LogP contribution >= 0.6 is 15.9 Å². The molecule has 0 radical (unpaired) electrons. The molecule has 0 heterocycles. The number of fused-ring (bicyclic) bond motifs is 3. The molecule has 1 atom stereocenters. The number of benzene rings is 3. The highest BCUT2D eigenvalue weighted by molar-refractivity contribution is 9.10. The molecule has 0 aromatic heterocycles. The number of carbonyl (C=O) groups excluding carboxylic acids is 1. The standard InChI is InChI=1S/C24H19BrFNO4/c25-20-11-5-6-14(22(20)26)12-21(23(28)29)27-24(30)31-13-19-17-9-3-1-7-15(17)16-8-2-4-10-18(16)19/h1-11,19,21H,12-13H2,(H,27,30)(H,28,29)/t21-/m0/s1. The third-order valence-corrected chi connectivity index (χ3v) is 6.00. The number of aliphatic carboxylic acids is 1. The predicted octanol–water partition coefficient (Wildman–Crippen LogP) is 5.12. The summed E-state index contributed by atoms with van der Waals surface area (Å²) in [7, 11) is 0. The van der Waals surface area contributed by atoms with E-state index in [1.807, 2.05) is 48.5 Å². The van der Waals surface area contributed by atoms with Crippen LogP contribution in [0.1, 0.15) is 22.6 Å². The summed E-state index contributed by atoms with van der Waals surface area (Å²) in [6, 6.07) is 19.1. The minimum Gasteiger partial charge on any atom is -0.480 e. The van der Waals surface area contributed by atoms with Gasteiger partial charge in [0.25, 0.3) is 0 Å². The average molecular weight is 484 g/mol. The lowest BCUT2D eigenvalue weighted by atomic mass is 9.98. The van der Waals surface area contributed by atoms with Gasteiger partial charge in [-0.2, -0.15) is 0 Å². The highest BCUT2D eigenvalue weighted by Gasteiger charge is 2.30. The fraction of sp³-hybridized carbons (Fsp3) is 0.167. The van der Waals surface area contributed by atoms with E-state index in [1.54, 1.807) is 6.07 Å². The number of hydrogen-bond donors (Lipinski definition) is 2. The van der Waals surface area contributed by atoms with Crippen molar-refractivity contribution in [2.75, 3.05) is 6.61 Å². The van der Waals surface area contributed by atoms with Crippen LogP contribution in [0.15, 0.2) is 71.2 Å². The van der Waals surface area contributed by atoms with E-state index in [0.29, 0.717) is 0 Å². The number of nitrogens with one attached hydrogen (secondary N) is 1. The Labute approximate surface area is 187 Å². The topological polar surface area (TPSA) is 75.6 Å². The molecule has 0 saturated carbocycles. The normalized spacial score (nSPS) is 13.2. The number of carboxylic acid groups (broad SMARTS) is 1. The van der Waals surface area contributed by atoms with Gasteiger partial charge >= 0.3 is 12.1 Å². The van der Waals surface area contributed by atoms with E-state index < -0.39 is 23.9 Å². The number of halogens is 2. The summed E-state index contributed by atoms with van der Waals surface area (Å²) >= 11 is 3.08. The van der Waals surface area contributed by atoms with Crippen molar-refractivity contribution in [3.05, 3.63) is 93.7 Å². The molecule has 4 rings (SSSR count). The van der Waals surface area contributed by atoms with Gasteiger partial charge in [0.05, 0.1) is 4.47 Å². The fourth-order valence-electron chi connectivity index (χ4n) is 3.91. The summed E-state index contributed by atoms with van der Waals surface area (Å²) < 4.78 is 19.8. The highest BCUT2D eigenvalue weighted by atomic mass is 79.9. The fourth-order valence-corrected chi connectivity index (χ4v) is 4.32. The van der Waals surface area contributed by atoms with Gasteiger partial charge in [0.1, 0.15) is 18.5 Å². The van der Waals surface area contributed by atoms with Gasteiger partial charge in [0, 0.05) is 12.3 Å². The first kappa shape index (κ1) is 21.1. The Morgan fingerprint density at radius 2 is 1.61 bits per heavy atom. The van der Waals surface area contributed by atoms with Crippen molar-refractivity contribution in [3.8, 4) is 11.1 Å². The Morgan fingerprint density at radius 3 is 2.23 bits per heavy atom. The van der Waals surface area contributed by atoms with E-state index in [4.69, 9.17) is 4.74 Å². The molecule has 0 bridgehead atoms. The minimum atomic E-state index is -1.32. The second kappa shape index (κ2) is 8.89. The van der Waals surface area contributed by atoms with E-state index in [2.05, 4.69) is 21.2 Å². The zero-order chi connectivity index (χ0) is 22.0. The van der Waals surface area contributed by atoms with Crippen LogP contribution in [-0.4, -0.2) is 29.8 Å². The lowest BCUT2D eigenvalue weighted by Gasteiger charge is -2.18. The molecule has 1 aliphatic rings. The van der Waals surface area contributed by atoms with Crippen molar-refractivity contribution in [2.45, 2.75) is 18.4 Å². The first-order valence-electron chi connectivity index (χ1n) is 9.73. The van der Waals surface area contributed by atoms with Crippen LogP contribution in [-0.2, 0) is 16.0 Å². The summed E-state index contributed by atoms with van der Waals surface area (Å²) in [6.07, 6.45) is -1.06. The van der Waals surface area contributed by atoms with Gasteiger partial charge in [-0.3, -0.25) is 0 Å². The molecule has 1 aliphatic carbocycles. The summed E-state index contributed by atoms with van der Waals surface area (Å²) in [5, 5.41) is 11.8. The Balaban J connectivity index is 1.45. The van der Waals surface area contributed by atoms with E-state index in [1.165, 1.54) is 12.1 Å². The van der Waals surface area contributed by atoms with Crippen LogP contribution in [0.5, 0.6) is 0 Å². The first-order chi connectivity index (χ1) is 15.0. The van der Waals surface area contributed by atoms with E-state index >= 15 is 0 Å². The number of hydrogen-bond acceptors (Lipinski definition) is 3. The van der Waals surface area contributed by atoms with Gasteiger partial charge in [0.2, 0.25) is 0 Å². The Bertz CT molecular complexity index is 1100. The summed E-state index contributed by atoms with van der Waals surface area (Å²) in [6.45, 7) is 0.0669. The largest absolute Gasteiger partial charge is 0.480 e. The van der Waals surface area contributed by atoms with Crippen LogP contribution in [0.25, 0.3) is 11.1 Å². The molecule has 3 aromatic carbocycles. The molecular formula is C24H19BrFNO4. The van der Waals surface area contributed by atoms with E-state index in [9.17, 15) is 19.1 Å². The zero-order valence-corrected chi connectivity index (χ0v) is 17.9. The number of carbonyl (C=O) groups is 2. The number of ether oxygens (including phenoxy) is 1. The highest BCUT2D eigenvalue weighted by Crippen LogP contribution is 2.44. The SMILES string of the molecule is O=C(N[C@@H](Cc1cccc(Br)c1F)C(=O)O)OCC1c2ccccc2-c2ccccc21.